The first-order chi connectivity index (χ1) is 8.54. The van der Waals surface area contributed by atoms with Gasteiger partial charge in [0.25, 0.3) is 0 Å². The monoisotopic (exact) mass is 248 g/mol. The Morgan fingerprint density at radius 2 is 2.17 bits per heavy atom. The van der Waals surface area contributed by atoms with Crippen LogP contribution in [0.1, 0.15) is 38.3 Å². The van der Waals surface area contributed by atoms with Crippen molar-refractivity contribution >= 4 is 5.69 Å². The zero-order valence-corrected chi connectivity index (χ0v) is 11.3. The van der Waals surface area contributed by atoms with E-state index in [1.54, 1.807) is 0 Å². The molecule has 0 aliphatic heterocycles. The van der Waals surface area contributed by atoms with Gasteiger partial charge >= 0.3 is 0 Å². The Hall–Kier alpha value is -1.78. The highest BCUT2D eigenvalue weighted by molar-refractivity contribution is 5.40. The van der Waals surface area contributed by atoms with E-state index in [-0.39, 0.29) is 6.04 Å². The van der Waals surface area contributed by atoms with E-state index in [4.69, 9.17) is 4.52 Å². The van der Waals surface area contributed by atoms with Crippen molar-refractivity contribution in [2.24, 2.45) is 5.92 Å². The van der Waals surface area contributed by atoms with Crippen molar-refractivity contribution in [3.05, 3.63) is 29.9 Å². The number of aromatic nitrogens is 3. The molecule has 2 aromatic heterocycles. The van der Waals surface area contributed by atoms with Crippen LogP contribution in [0.25, 0.3) is 0 Å². The van der Waals surface area contributed by atoms with Gasteiger partial charge in [0, 0.05) is 18.8 Å². The second-order valence-corrected chi connectivity index (χ2v) is 5.07. The van der Waals surface area contributed by atoms with Crippen molar-refractivity contribution in [2.75, 3.05) is 5.32 Å². The van der Waals surface area contributed by atoms with Crippen LogP contribution in [0.3, 0.4) is 0 Å². The number of nitrogens with one attached hydrogen (secondary N) is 1. The van der Waals surface area contributed by atoms with Crippen LogP contribution in [-0.2, 0) is 6.54 Å². The van der Waals surface area contributed by atoms with E-state index in [1.807, 2.05) is 30.1 Å². The maximum Gasteiger partial charge on any atom is 0.134 e. The Morgan fingerprint density at radius 3 is 2.78 bits per heavy atom. The van der Waals surface area contributed by atoms with Crippen LogP contribution in [0.2, 0.25) is 0 Å². The van der Waals surface area contributed by atoms with Crippen LogP contribution in [0.4, 0.5) is 5.69 Å². The molecule has 1 N–H and O–H groups in total. The topological polar surface area (TPSA) is 55.9 Å². The molecule has 0 saturated carbocycles. The zero-order valence-electron chi connectivity index (χ0n) is 11.3. The van der Waals surface area contributed by atoms with E-state index in [2.05, 4.69) is 36.3 Å². The lowest BCUT2D eigenvalue weighted by molar-refractivity contribution is 0.388. The summed E-state index contributed by atoms with van der Waals surface area (Å²) in [5.41, 5.74) is 1.91. The third-order valence-corrected chi connectivity index (χ3v) is 2.66. The summed E-state index contributed by atoms with van der Waals surface area (Å²) in [6, 6.07) is 2.05. The second-order valence-electron chi connectivity index (χ2n) is 5.07. The Bertz CT molecular complexity index is 501. The normalized spacial score (nSPS) is 12.9. The van der Waals surface area contributed by atoms with Gasteiger partial charge in [-0.05, 0) is 19.8 Å². The first-order valence-electron chi connectivity index (χ1n) is 6.27. The molecule has 0 amide bonds. The number of rotatable bonds is 5. The highest BCUT2D eigenvalue weighted by Crippen LogP contribution is 2.18. The minimum atomic E-state index is 0.110. The largest absolute Gasteiger partial charge is 0.374 e. The van der Waals surface area contributed by atoms with Crippen molar-refractivity contribution in [1.82, 2.24) is 14.9 Å². The van der Waals surface area contributed by atoms with Crippen molar-refractivity contribution in [2.45, 2.75) is 40.3 Å². The molecule has 2 rings (SSSR count). The van der Waals surface area contributed by atoms with Gasteiger partial charge in [-0.1, -0.05) is 19.0 Å². The molecular weight excluding hydrogens is 228 g/mol. The van der Waals surface area contributed by atoms with Gasteiger partial charge in [-0.25, -0.2) is 0 Å². The van der Waals surface area contributed by atoms with Crippen molar-refractivity contribution < 1.29 is 4.52 Å². The van der Waals surface area contributed by atoms with Gasteiger partial charge < -0.3 is 9.84 Å². The van der Waals surface area contributed by atoms with E-state index in [1.165, 1.54) is 0 Å². The molecular formula is C13H20N4O. The Balaban J connectivity index is 1.98. The fourth-order valence-corrected chi connectivity index (χ4v) is 1.83. The Kier molecular flexibility index (Phi) is 3.69. The molecule has 0 radical (unpaired) electrons. The van der Waals surface area contributed by atoms with Gasteiger partial charge in [0.05, 0.1) is 17.9 Å². The minimum absolute atomic E-state index is 0.110. The van der Waals surface area contributed by atoms with Crippen molar-refractivity contribution in [3.8, 4) is 0 Å². The molecule has 98 valence electrons. The summed E-state index contributed by atoms with van der Waals surface area (Å²) in [4.78, 5) is 0. The maximum atomic E-state index is 5.07. The quantitative estimate of drug-likeness (QED) is 0.883. The molecule has 18 heavy (non-hydrogen) atoms. The predicted octanol–water partition coefficient (Wildman–Crippen LogP) is 3.01. The molecule has 5 heteroatoms. The SMILES string of the molecule is Cc1cc([C@H](C)Nc2cnn(CC(C)C)c2)no1. The summed E-state index contributed by atoms with van der Waals surface area (Å²) in [5.74, 6) is 1.42. The number of hydrogen-bond acceptors (Lipinski definition) is 4. The van der Waals surface area contributed by atoms with E-state index >= 15 is 0 Å². The molecule has 1 atom stereocenters. The molecule has 5 nitrogen and oxygen atoms in total. The third kappa shape index (κ3) is 3.12. The standard InChI is InChI=1S/C13H20N4O/c1-9(2)7-17-8-12(6-14-17)15-11(4)13-5-10(3)18-16-13/h5-6,8-9,11,15H,7H2,1-4H3/t11-/m0/s1. The van der Waals surface area contributed by atoms with Gasteiger partial charge in [-0.2, -0.15) is 5.10 Å². The molecule has 0 saturated heterocycles. The van der Waals surface area contributed by atoms with E-state index in [9.17, 15) is 0 Å². The van der Waals surface area contributed by atoms with E-state index < -0.39 is 0 Å². The zero-order chi connectivity index (χ0) is 13.1. The molecule has 0 aromatic carbocycles. The summed E-state index contributed by atoms with van der Waals surface area (Å²) in [6.45, 7) is 9.23. The molecule has 0 fully saturated rings. The molecule has 2 heterocycles. The summed E-state index contributed by atoms with van der Waals surface area (Å²) < 4.78 is 7.02. The summed E-state index contributed by atoms with van der Waals surface area (Å²) in [7, 11) is 0. The number of anilines is 1. The Morgan fingerprint density at radius 1 is 1.39 bits per heavy atom. The predicted molar refractivity (Wildman–Crippen MR) is 70.3 cm³/mol. The van der Waals surface area contributed by atoms with Crippen LogP contribution in [-0.4, -0.2) is 14.9 Å². The second kappa shape index (κ2) is 5.25. The van der Waals surface area contributed by atoms with Crippen molar-refractivity contribution in [3.63, 3.8) is 0 Å². The molecule has 0 aliphatic rings. The lowest BCUT2D eigenvalue weighted by atomic mass is 10.2. The van der Waals surface area contributed by atoms with Crippen LogP contribution < -0.4 is 5.32 Å². The molecule has 0 unspecified atom stereocenters. The maximum absolute atomic E-state index is 5.07. The molecule has 0 bridgehead atoms. The van der Waals surface area contributed by atoms with E-state index in [0.717, 1.165) is 23.7 Å². The third-order valence-electron chi connectivity index (χ3n) is 2.66. The number of hydrogen-bond donors (Lipinski definition) is 1. The van der Waals surface area contributed by atoms with Crippen LogP contribution in [0, 0.1) is 12.8 Å². The number of nitrogens with zero attached hydrogens (tertiary/aromatic N) is 3. The van der Waals surface area contributed by atoms with E-state index in [0.29, 0.717) is 5.92 Å². The fourth-order valence-electron chi connectivity index (χ4n) is 1.83. The summed E-state index contributed by atoms with van der Waals surface area (Å²) in [6.07, 6.45) is 3.86. The minimum Gasteiger partial charge on any atom is -0.374 e. The summed E-state index contributed by atoms with van der Waals surface area (Å²) >= 11 is 0. The van der Waals surface area contributed by atoms with Gasteiger partial charge in [0.2, 0.25) is 0 Å². The smallest absolute Gasteiger partial charge is 0.134 e. The van der Waals surface area contributed by atoms with Gasteiger partial charge in [0.1, 0.15) is 11.5 Å². The highest BCUT2D eigenvalue weighted by atomic mass is 16.5. The number of aryl methyl sites for hydroxylation is 1. The summed E-state index contributed by atoms with van der Waals surface area (Å²) in [5, 5.41) is 11.7. The first kappa shape index (κ1) is 12.7. The van der Waals surface area contributed by atoms with Gasteiger partial charge in [-0.15, -0.1) is 0 Å². The molecule has 0 spiro atoms. The Labute approximate surface area is 107 Å². The highest BCUT2D eigenvalue weighted by Gasteiger charge is 2.11. The van der Waals surface area contributed by atoms with Crippen LogP contribution in [0.5, 0.6) is 0 Å². The lowest BCUT2D eigenvalue weighted by Crippen LogP contribution is -2.07. The van der Waals surface area contributed by atoms with Crippen molar-refractivity contribution in [1.29, 1.82) is 0 Å². The van der Waals surface area contributed by atoms with Gasteiger partial charge in [-0.3, -0.25) is 4.68 Å². The van der Waals surface area contributed by atoms with Crippen LogP contribution in [0.15, 0.2) is 23.0 Å². The molecule has 2 aromatic rings. The average Bonchev–Trinajstić information content (AvgIpc) is 2.87. The van der Waals surface area contributed by atoms with Gasteiger partial charge in [0.15, 0.2) is 0 Å². The van der Waals surface area contributed by atoms with Crippen LogP contribution >= 0.6 is 0 Å². The first-order valence-corrected chi connectivity index (χ1v) is 6.27. The molecule has 0 aliphatic carbocycles. The average molecular weight is 248 g/mol. The fraction of sp³-hybridized carbons (Fsp3) is 0.538. The lowest BCUT2D eigenvalue weighted by Gasteiger charge is -2.09.